The lowest BCUT2D eigenvalue weighted by Crippen LogP contribution is -2.18. The Labute approximate surface area is 248 Å². The fraction of sp³-hybridized carbons (Fsp3) is 0.114. The van der Waals surface area contributed by atoms with Crippen LogP contribution in [0.3, 0.4) is 0 Å². The molecule has 2 N–H and O–H groups in total. The van der Waals surface area contributed by atoms with E-state index in [9.17, 15) is 14.4 Å². The van der Waals surface area contributed by atoms with Crippen molar-refractivity contribution in [1.29, 1.82) is 0 Å². The summed E-state index contributed by atoms with van der Waals surface area (Å²) in [5.41, 5.74) is 5.28. The minimum atomic E-state index is -0.488. The van der Waals surface area contributed by atoms with E-state index in [1.165, 1.54) is 29.9 Å². The first-order valence-corrected chi connectivity index (χ1v) is 14.1. The number of anilines is 2. The Hall–Kier alpha value is -5.63. The van der Waals surface area contributed by atoms with Gasteiger partial charge in [-0.25, -0.2) is 4.79 Å². The van der Waals surface area contributed by atoms with Crippen molar-refractivity contribution in [2.45, 2.75) is 25.7 Å². The third-order valence-electron chi connectivity index (χ3n) is 7.30. The summed E-state index contributed by atoms with van der Waals surface area (Å²) in [5.74, 6) is -0.865. The van der Waals surface area contributed by atoms with E-state index in [2.05, 4.69) is 20.6 Å². The van der Waals surface area contributed by atoms with Crippen molar-refractivity contribution in [3.8, 4) is 16.9 Å². The molecule has 8 heteroatoms. The zero-order chi connectivity index (χ0) is 29.6. The molecule has 0 unspecified atom stereocenters. The quantitative estimate of drug-likeness (QED) is 0.166. The molecule has 0 radical (unpaired) electrons. The van der Waals surface area contributed by atoms with Crippen LogP contribution in [0.15, 0.2) is 109 Å². The molecule has 212 valence electrons. The number of nitrogens with zero attached hydrogens (tertiary/aromatic N) is 2. The van der Waals surface area contributed by atoms with Crippen LogP contribution in [0, 0.1) is 0 Å². The fourth-order valence-electron chi connectivity index (χ4n) is 5.14. The maximum atomic E-state index is 13.4. The van der Waals surface area contributed by atoms with E-state index < -0.39 is 17.8 Å². The Morgan fingerprint density at radius 1 is 0.628 bits per heavy atom. The molecule has 0 atom stereocenters. The standard InChI is InChI=1S/C35H28N4O4/c40-33(30-13-5-7-19-36-30)38-29-18-16-25(22-32(29)39-34(41)31-14-6-8-20-37-31)27-11-3-4-12-28(27)35(42)43-26-17-15-23-9-1-2-10-24(23)21-26/h3-8,11-22H,1-2,9-10H2,(H,38,40)(H,39,41). The predicted molar refractivity (Wildman–Crippen MR) is 164 cm³/mol. The van der Waals surface area contributed by atoms with Crippen molar-refractivity contribution >= 4 is 29.2 Å². The Kier molecular flexibility index (Phi) is 7.99. The zero-order valence-corrected chi connectivity index (χ0v) is 23.2. The monoisotopic (exact) mass is 568 g/mol. The first kappa shape index (κ1) is 27.5. The molecular formula is C35H28N4O4. The summed E-state index contributed by atoms with van der Waals surface area (Å²) in [6.45, 7) is 0. The lowest BCUT2D eigenvalue weighted by molar-refractivity contribution is 0.0735. The number of nitrogens with one attached hydrogen (secondary N) is 2. The van der Waals surface area contributed by atoms with Crippen LogP contribution < -0.4 is 15.4 Å². The second kappa shape index (κ2) is 12.5. The van der Waals surface area contributed by atoms with E-state index >= 15 is 0 Å². The molecule has 0 saturated heterocycles. The number of carbonyl (C=O) groups is 3. The highest BCUT2D eigenvalue weighted by Crippen LogP contribution is 2.33. The van der Waals surface area contributed by atoms with E-state index in [4.69, 9.17) is 4.74 Å². The van der Waals surface area contributed by atoms with Gasteiger partial charge < -0.3 is 15.4 Å². The lowest BCUT2D eigenvalue weighted by atomic mass is 9.92. The molecule has 2 aromatic heterocycles. The molecule has 2 amide bonds. The van der Waals surface area contributed by atoms with Crippen LogP contribution in [0.2, 0.25) is 0 Å². The lowest BCUT2D eigenvalue weighted by Gasteiger charge is -2.17. The van der Waals surface area contributed by atoms with Crippen LogP contribution in [0.5, 0.6) is 5.75 Å². The van der Waals surface area contributed by atoms with Gasteiger partial charge in [-0.2, -0.15) is 0 Å². The van der Waals surface area contributed by atoms with E-state index in [-0.39, 0.29) is 11.4 Å². The number of benzene rings is 3. The first-order chi connectivity index (χ1) is 21.0. The molecule has 3 aromatic carbocycles. The number of rotatable bonds is 7. The smallest absolute Gasteiger partial charge is 0.344 e. The molecule has 0 aliphatic heterocycles. The number of ether oxygens (including phenoxy) is 1. The molecule has 1 aliphatic carbocycles. The van der Waals surface area contributed by atoms with E-state index in [1.807, 2.05) is 30.3 Å². The van der Waals surface area contributed by atoms with Crippen LogP contribution in [-0.2, 0) is 12.8 Å². The number of aromatic nitrogens is 2. The van der Waals surface area contributed by atoms with Gasteiger partial charge in [0, 0.05) is 12.4 Å². The van der Waals surface area contributed by atoms with Gasteiger partial charge in [0.05, 0.1) is 16.9 Å². The van der Waals surface area contributed by atoms with Gasteiger partial charge in [-0.05, 0) is 103 Å². The maximum Gasteiger partial charge on any atom is 0.344 e. The molecule has 5 aromatic rings. The summed E-state index contributed by atoms with van der Waals surface area (Å²) in [6.07, 6.45) is 7.39. The van der Waals surface area contributed by atoms with Crippen LogP contribution >= 0.6 is 0 Å². The van der Waals surface area contributed by atoms with Crippen LogP contribution in [-0.4, -0.2) is 27.8 Å². The van der Waals surface area contributed by atoms with Gasteiger partial charge >= 0.3 is 5.97 Å². The SMILES string of the molecule is O=C(Nc1ccc(-c2ccccc2C(=O)Oc2ccc3c(c2)CCCC3)cc1NC(=O)c1ccccn1)c1ccccn1. The van der Waals surface area contributed by atoms with E-state index in [0.717, 1.165) is 19.3 Å². The summed E-state index contributed by atoms with van der Waals surface area (Å²) >= 11 is 0. The third-order valence-corrected chi connectivity index (χ3v) is 7.30. The summed E-state index contributed by atoms with van der Waals surface area (Å²) in [4.78, 5) is 47.7. The number of amides is 2. The van der Waals surface area contributed by atoms with Crippen molar-refractivity contribution < 1.29 is 19.1 Å². The number of aryl methyl sites for hydroxylation is 2. The van der Waals surface area contributed by atoms with Crippen LogP contribution in [0.4, 0.5) is 11.4 Å². The van der Waals surface area contributed by atoms with Crippen molar-refractivity contribution in [2.24, 2.45) is 0 Å². The molecule has 1 aliphatic rings. The number of hydrogen-bond acceptors (Lipinski definition) is 6. The molecule has 43 heavy (non-hydrogen) atoms. The van der Waals surface area contributed by atoms with Crippen molar-refractivity contribution in [1.82, 2.24) is 9.97 Å². The van der Waals surface area contributed by atoms with Gasteiger partial charge in [-0.1, -0.05) is 42.5 Å². The molecule has 0 bridgehead atoms. The molecule has 0 fully saturated rings. The first-order valence-electron chi connectivity index (χ1n) is 14.1. The maximum absolute atomic E-state index is 13.4. The normalized spacial score (nSPS) is 12.1. The molecule has 0 spiro atoms. The summed E-state index contributed by atoms with van der Waals surface area (Å²) in [6, 6.07) is 28.2. The van der Waals surface area contributed by atoms with Crippen LogP contribution in [0.1, 0.15) is 55.3 Å². The fourth-order valence-corrected chi connectivity index (χ4v) is 5.14. The zero-order valence-electron chi connectivity index (χ0n) is 23.2. The number of pyridine rings is 2. The topological polar surface area (TPSA) is 110 Å². The minimum Gasteiger partial charge on any atom is -0.423 e. The van der Waals surface area contributed by atoms with Gasteiger partial charge in [0.1, 0.15) is 17.1 Å². The van der Waals surface area contributed by atoms with Gasteiger partial charge in [0.15, 0.2) is 0 Å². The number of fused-ring (bicyclic) bond motifs is 1. The summed E-state index contributed by atoms with van der Waals surface area (Å²) < 4.78 is 5.83. The molecule has 0 saturated carbocycles. The highest BCUT2D eigenvalue weighted by molar-refractivity contribution is 6.09. The van der Waals surface area contributed by atoms with Gasteiger partial charge in [0.2, 0.25) is 0 Å². The van der Waals surface area contributed by atoms with Gasteiger partial charge in [0.25, 0.3) is 11.8 Å². The largest absolute Gasteiger partial charge is 0.423 e. The number of hydrogen-bond donors (Lipinski definition) is 2. The third kappa shape index (κ3) is 6.33. The molecule has 8 nitrogen and oxygen atoms in total. The van der Waals surface area contributed by atoms with Crippen LogP contribution in [0.25, 0.3) is 11.1 Å². The Morgan fingerprint density at radius 3 is 1.98 bits per heavy atom. The summed E-state index contributed by atoms with van der Waals surface area (Å²) in [7, 11) is 0. The molecule has 2 heterocycles. The van der Waals surface area contributed by atoms with Crippen molar-refractivity contribution in [2.75, 3.05) is 10.6 Å². The number of carbonyl (C=O) groups excluding carboxylic acids is 3. The predicted octanol–water partition coefficient (Wildman–Crippen LogP) is 6.75. The Bertz CT molecular complexity index is 1810. The average molecular weight is 569 g/mol. The Balaban J connectivity index is 1.32. The second-order valence-electron chi connectivity index (χ2n) is 10.2. The van der Waals surface area contributed by atoms with Gasteiger partial charge in [-0.15, -0.1) is 0 Å². The summed E-state index contributed by atoms with van der Waals surface area (Å²) in [5, 5.41) is 5.69. The second-order valence-corrected chi connectivity index (χ2v) is 10.2. The van der Waals surface area contributed by atoms with E-state index in [1.54, 1.807) is 66.7 Å². The highest BCUT2D eigenvalue weighted by Gasteiger charge is 2.19. The molecule has 6 rings (SSSR count). The number of esters is 1. The highest BCUT2D eigenvalue weighted by atomic mass is 16.5. The van der Waals surface area contributed by atoms with E-state index in [0.29, 0.717) is 33.8 Å². The van der Waals surface area contributed by atoms with Crippen molar-refractivity contribution in [3.05, 3.63) is 138 Å². The molecular weight excluding hydrogens is 540 g/mol. The minimum absolute atomic E-state index is 0.212. The Morgan fingerprint density at radius 2 is 1.28 bits per heavy atom. The average Bonchev–Trinajstić information content (AvgIpc) is 3.06. The van der Waals surface area contributed by atoms with Gasteiger partial charge in [-0.3, -0.25) is 19.6 Å². The van der Waals surface area contributed by atoms with Crippen molar-refractivity contribution in [3.63, 3.8) is 0 Å².